The Kier molecular flexibility index (Phi) is 4.15. The largest absolute Gasteiger partial charge is 0.465 e. The summed E-state index contributed by atoms with van der Waals surface area (Å²) < 4.78 is 11.6. The van der Waals surface area contributed by atoms with Gasteiger partial charge in [0.05, 0.1) is 25.2 Å². The van der Waals surface area contributed by atoms with Crippen molar-refractivity contribution in [2.24, 2.45) is 11.8 Å². The van der Waals surface area contributed by atoms with E-state index in [-0.39, 0.29) is 23.9 Å². The van der Waals surface area contributed by atoms with E-state index in [2.05, 4.69) is 6.92 Å². The van der Waals surface area contributed by atoms with Gasteiger partial charge >= 0.3 is 5.97 Å². The van der Waals surface area contributed by atoms with Gasteiger partial charge in [-0.05, 0) is 19.3 Å². The number of nitrogens with zero attached hydrogens (tertiary/aromatic N) is 1. The van der Waals surface area contributed by atoms with Crippen LogP contribution in [0.25, 0.3) is 0 Å². The molecule has 0 N–H and O–H groups in total. The van der Waals surface area contributed by atoms with Crippen molar-refractivity contribution in [3.05, 3.63) is 12.2 Å². The van der Waals surface area contributed by atoms with E-state index in [1.165, 1.54) is 19.3 Å². The average molecular weight is 333 g/mol. The lowest BCUT2D eigenvalue weighted by Gasteiger charge is -2.32. The second-order valence-electron chi connectivity index (χ2n) is 7.68. The molecule has 132 valence electrons. The number of carbonyl (C=O) groups excluding carboxylic acids is 2. The van der Waals surface area contributed by atoms with Gasteiger partial charge in [0, 0.05) is 6.04 Å². The Hall–Kier alpha value is -1.36. The molecule has 2 saturated heterocycles. The highest BCUT2D eigenvalue weighted by atomic mass is 16.6. The number of carbonyl (C=O) groups is 2. The molecule has 0 unspecified atom stereocenters. The van der Waals surface area contributed by atoms with Crippen molar-refractivity contribution < 1.29 is 19.1 Å². The summed E-state index contributed by atoms with van der Waals surface area (Å²) in [5.41, 5.74) is -0.590. The fourth-order valence-corrected chi connectivity index (χ4v) is 4.91. The van der Waals surface area contributed by atoms with Gasteiger partial charge in [-0.25, -0.2) is 0 Å². The topological polar surface area (TPSA) is 55.8 Å². The predicted molar refractivity (Wildman–Crippen MR) is 88.2 cm³/mol. The molecule has 1 aliphatic carbocycles. The van der Waals surface area contributed by atoms with Crippen LogP contribution in [0.15, 0.2) is 12.2 Å². The normalized spacial score (nSPS) is 38.0. The van der Waals surface area contributed by atoms with E-state index in [1.54, 1.807) is 0 Å². The molecular formula is C19H27NO4. The fourth-order valence-electron chi connectivity index (χ4n) is 4.91. The molecule has 5 heteroatoms. The maximum atomic E-state index is 13.1. The van der Waals surface area contributed by atoms with Gasteiger partial charge in [-0.2, -0.15) is 0 Å². The Labute approximate surface area is 143 Å². The number of amides is 1. The van der Waals surface area contributed by atoms with Crippen LogP contribution in [0.2, 0.25) is 0 Å². The minimum Gasteiger partial charge on any atom is -0.465 e. The molecule has 4 rings (SSSR count). The number of unbranched alkanes of at least 4 members (excludes halogenated alkanes) is 1. The zero-order valence-electron chi connectivity index (χ0n) is 14.4. The second kappa shape index (κ2) is 6.17. The Morgan fingerprint density at radius 2 is 2.17 bits per heavy atom. The van der Waals surface area contributed by atoms with Gasteiger partial charge in [-0.3, -0.25) is 9.59 Å². The molecule has 0 aromatic carbocycles. The highest BCUT2D eigenvalue weighted by Crippen LogP contribution is 2.53. The molecule has 4 aliphatic rings. The lowest BCUT2D eigenvalue weighted by Crippen LogP contribution is -2.42. The Bertz CT molecular complexity index is 554. The van der Waals surface area contributed by atoms with Gasteiger partial charge in [-0.1, -0.05) is 44.8 Å². The van der Waals surface area contributed by atoms with Crippen LogP contribution in [0.1, 0.15) is 51.9 Å². The summed E-state index contributed by atoms with van der Waals surface area (Å²) in [6, 6.07) is 0.319. The minimum atomic E-state index is -0.590. The maximum Gasteiger partial charge on any atom is 0.312 e. The van der Waals surface area contributed by atoms with Crippen LogP contribution in [0.5, 0.6) is 0 Å². The van der Waals surface area contributed by atoms with Crippen LogP contribution < -0.4 is 0 Å². The molecule has 0 aromatic rings. The molecule has 3 heterocycles. The lowest BCUT2D eigenvalue weighted by atomic mass is 9.77. The van der Waals surface area contributed by atoms with E-state index in [4.69, 9.17) is 9.47 Å². The van der Waals surface area contributed by atoms with Crippen LogP contribution >= 0.6 is 0 Å². The van der Waals surface area contributed by atoms with Crippen molar-refractivity contribution in [1.29, 1.82) is 0 Å². The van der Waals surface area contributed by atoms with Crippen molar-refractivity contribution in [3.8, 4) is 0 Å². The Balaban J connectivity index is 1.52. The van der Waals surface area contributed by atoms with E-state index in [0.29, 0.717) is 19.2 Å². The number of rotatable bonds is 5. The lowest BCUT2D eigenvalue weighted by molar-refractivity contribution is -0.154. The zero-order valence-corrected chi connectivity index (χ0v) is 14.4. The van der Waals surface area contributed by atoms with Gasteiger partial charge in [0.15, 0.2) is 0 Å². The molecule has 24 heavy (non-hydrogen) atoms. The van der Waals surface area contributed by atoms with E-state index in [0.717, 1.165) is 25.7 Å². The first kappa shape index (κ1) is 16.1. The van der Waals surface area contributed by atoms with Crippen LogP contribution in [-0.2, 0) is 19.1 Å². The summed E-state index contributed by atoms with van der Waals surface area (Å²) in [5.74, 6) is -1.01. The van der Waals surface area contributed by atoms with E-state index in [1.807, 2.05) is 17.1 Å². The molecule has 1 saturated carbocycles. The highest BCUT2D eigenvalue weighted by Gasteiger charge is 2.67. The molecule has 1 spiro atoms. The number of hydrogen-bond acceptors (Lipinski definition) is 4. The SMILES string of the molecule is CCCCOC(=O)[C@H]1[C@H]2C(=O)N(C3CCCCC3)C[C@@]23C=C[C@H]1O3. The molecule has 3 fully saturated rings. The third kappa shape index (κ3) is 2.40. The monoisotopic (exact) mass is 333 g/mol. The van der Waals surface area contributed by atoms with Crippen LogP contribution in [0.4, 0.5) is 0 Å². The summed E-state index contributed by atoms with van der Waals surface area (Å²) in [4.78, 5) is 27.7. The summed E-state index contributed by atoms with van der Waals surface area (Å²) in [5, 5.41) is 0. The van der Waals surface area contributed by atoms with Crippen molar-refractivity contribution in [1.82, 2.24) is 4.90 Å². The number of hydrogen-bond donors (Lipinski definition) is 0. The summed E-state index contributed by atoms with van der Waals surface area (Å²) in [6.07, 6.45) is 11.3. The van der Waals surface area contributed by atoms with Crippen LogP contribution in [0.3, 0.4) is 0 Å². The van der Waals surface area contributed by atoms with Gasteiger partial charge in [0.2, 0.25) is 5.91 Å². The Morgan fingerprint density at radius 3 is 2.92 bits per heavy atom. The molecular weight excluding hydrogens is 306 g/mol. The highest BCUT2D eigenvalue weighted by molar-refractivity contribution is 5.91. The van der Waals surface area contributed by atoms with Crippen LogP contribution in [-0.4, -0.2) is 47.7 Å². The van der Waals surface area contributed by atoms with Gasteiger partial charge in [-0.15, -0.1) is 0 Å². The van der Waals surface area contributed by atoms with Gasteiger partial charge < -0.3 is 14.4 Å². The number of fused-ring (bicyclic) bond motifs is 1. The number of esters is 1. The summed E-state index contributed by atoms with van der Waals surface area (Å²) in [7, 11) is 0. The molecule has 2 bridgehead atoms. The first-order valence-electron chi connectivity index (χ1n) is 9.50. The van der Waals surface area contributed by atoms with Crippen molar-refractivity contribution in [2.45, 2.75) is 69.6 Å². The van der Waals surface area contributed by atoms with Crippen molar-refractivity contribution in [3.63, 3.8) is 0 Å². The smallest absolute Gasteiger partial charge is 0.312 e. The molecule has 3 aliphatic heterocycles. The molecule has 0 radical (unpaired) electrons. The van der Waals surface area contributed by atoms with Gasteiger partial charge in [0.25, 0.3) is 0 Å². The molecule has 5 nitrogen and oxygen atoms in total. The second-order valence-corrected chi connectivity index (χ2v) is 7.68. The van der Waals surface area contributed by atoms with Crippen LogP contribution in [0, 0.1) is 11.8 Å². The average Bonchev–Trinajstić information content (AvgIpc) is 3.24. The third-order valence-electron chi connectivity index (χ3n) is 6.16. The standard InChI is InChI=1S/C19H27NO4/c1-2-3-11-23-18(22)15-14-9-10-19(24-14)12-20(17(21)16(15)19)13-7-5-4-6-8-13/h9-10,13-16H,2-8,11-12H2,1H3/t14-,15-,16+,19+/m1/s1. The number of ether oxygens (including phenoxy) is 2. The first-order valence-corrected chi connectivity index (χ1v) is 9.50. The first-order chi connectivity index (χ1) is 11.7. The van der Waals surface area contributed by atoms with Gasteiger partial charge in [0.1, 0.15) is 11.5 Å². The fraction of sp³-hybridized carbons (Fsp3) is 0.789. The maximum absolute atomic E-state index is 13.1. The molecule has 4 atom stereocenters. The quantitative estimate of drug-likeness (QED) is 0.440. The van der Waals surface area contributed by atoms with E-state index < -0.39 is 11.5 Å². The minimum absolute atomic E-state index is 0.103. The van der Waals surface area contributed by atoms with Crippen molar-refractivity contribution >= 4 is 11.9 Å². The zero-order chi connectivity index (χ0) is 16.7. The molecule has 1 amide bonds. The van der Waals surface area contributed by atoms with E-state index >= 15 is 0 Å². The predicted octanol–water partition coefficient (Wildman–Crippen LogP) is 2.44. The molecule has 0 aromatic heterocycles. The number of likely N-dealkylation sites (tertiary alicyclic amines) is 1. The summed E-state index contributed by atoms with van der Waals surface area (Å²) >= 11 is 0. The summed E-state index contributed by atoms with van der Waals surface area (Å²) in [6.45, 7) is 3.10. The third-order valence-corrected chi connectivity index (χ3v) is 6.16. The van der Waals surface area contributed by atoms with Crippen molar-refractivity contribution in [2.75, 3.05) is 13.2 Å². The Morgan fingerprint density at radius 1 is 1.38 bits per heavy atom. The van der Waals surface area contributed by atoms with E-state index in [9.17, 15) is 9.59 Å².